The summed E-state index contributed by atoms with van der Waals surface area (Å²) in [5.74, 6) is -0.181. The molecule has 0 spiro atoms. The number of pyridine rings is 1. The van der Waals surface area contributed by atoms with Gasteiger partial charge in [0, 0.05) is 22.7 Å². The molecule has 1 heterocycles. The number of nitrogens with zero attached hydrogens (tertiary/aromatic N) is 2. The van der Waals surface area contributed by atoms with Gasteiger partial charge in [0.15, 0.2) is 0 Å². The molecule has 0 N–H and O–H groups in total. The molecule has 0 aliphatic carbocycles. The van der Waals surface area contributed by atoms with E-state index in [0.717, 1.165) is 17.8 Å². The first-order chi connectivity index (χ1) is 14.6. The van der Waals surface area contributed by atoms with Crippen LogP contribution in [0, 0.1) is 5.82 Å². The summed E-state index contributed by atoms with van der Waals surface area (Å²) in [5.41, 5.74) is 0.755. The van der Waals surface area contributed by atoms with Crippen molar-refractivity contribution in [3.05, 3.63) is 53.8 Å². The molecule has 0 saturated carbocycles. The number of halogens is 4. The number of aromatic nitrogens is 1. The van der Waals surface area contributed by atoms with Crippen LogP contribution in [0.2, 0.25) is 39.3 Å². The fraction of sp³-hybridized carbons (Fsp3) is 0.348. The summed E-state index contributed by atoms with van der Waals surface area (Å²) in [6.45, 7) is 13.2. The van der Waals surface area contributed by atoms with Gasteiger partial charge in [-0.25, -0.2) is 9.37 Å². The Bertz CT molecular complexity index is 1140. The van der Waals surface area contributed by atoms with Crippen LogP contribution >= 0.6 is 0 Å². The molecule has 0 radical (unpaired) electrons. The van der Waals surface area contributed by atoms with Crippen molar-refractivity contribution in [2.45, 2.75) is 45.5 Å². The largest absolute Gasteiger partial charge is 0.497 e. The molecule has 1 aromatic heterocycles. The zero-order valence-corrected chi connectivity index (χ0v) is 21.4. The Morgan fingerprint density at radius 3 is 2.00 bits per heavy atom. The van der Waals surface area contributed by atoms with Gasteiger partial charge >= 0.3 is 6.18 Å². The molecule has 0 aliphatic rings. The summed E-state index contributed by atoms with van der Waals surface area (Å²) in [7, 11) is -2.46. The third-order valence-electron chi connectivity index (χ3n) is 5.15. The summed E-state index contributed by atoms with van der Waals surface area (Å²) >= 11 is 0. The van der Waals surface area contributed by atoms with Gasteiger partial charge in [-0.15, -0.1) is 0 Å². The molecule has 3 nitrogen and oxygen atoms in total. The van der Waals surface area contributed by atoms with Crippen molar-refractivity contribution in [3.8, 4) is 17.0 Å². The highest BCUT2D eigenvalue weighted by molar-refractivity contribution is 6.99. The molecule has 0 atom stereocenters. The Kier molecular flexibility index (Phi) is 6.20. The van der Waals surface area contributed by atoms with Crippen molar-refractivity contribution in [3.63, 3.8) is 0 Å². The second-order valence-corrected chi connectivity index (χ2v) is 19.8. The Morgan fingerprint density at radius 2 is 1.50 bits per heavy atom. The predicted molar refractivity (Wildman–Crippen MR) is 128 cm³/mol. The van der Waals surface area contributed by atoms with E-state index >= 15 is 0 Å². The summed E-state index contributed by atoms with van der Waals surface area (Å²) < 4.78 is 62.7. The number of benzene rings is 2. The van der Waals surface area contributed by atoms with Crippen molar-refractivity contribution in [1.29, 1.82) is 0 Å². The molecular weight excluding hydrogens is 452 g/mol. The summed E-state index contributed by atoms with van der Waals surface area (Å²) in [5, 5.41) is 0.639. The molecule has 0 aliphatic heterocycles. The van der Waals surface area contributed by atoms with Gasteiger partial charge in [0.1, 0.15) is 28.0 Å². The van der Waals surface area contributed by atoms with Gasteiger partial charge in [0.2, 0.25) is 0 Å². The Labute approximate surface area is 188 Å². The van der Waals surface area contributed by atoms with Crippen LogP contribution in [-0.4, -0.2) is 28.6 Å². The van der Waals surface area contributed by atoms with Crippen molar-refractivity contribution in [1.82, 2.24) is 4.98 Å². The maximum Gasteiger partial charge on any atom is 0.416 e. The quantitative estimate of drug-likeness (QED) is 0.279. The molecule has 2 aromatic carbocycles. The average Bonchev–Trinajstić information content (AvgIpc) is 2.64. The first-order valence-electron chi connectivity index (χ1n) is 10.3. The standard InChI is InChI=1S/C23H28F4N2OSi2/c1-30-16-9-11-17(19(24)13-16)21-14-22(29(31(2,3)4)32(5,6)7)18-10-8-15(23(25,26)27)12-20(18)28-21/h8-14H,1-7H3. The fourth-order valence-corrected chi connectivity index (χ4v) is 14.1. The topological polar surface area (TPSA) is 25.4 Å². The minimum Gasteiger partial charge on any atom is -0.497 e. The van der Waals surface area contributed by atoms with Crippen LogP contribution in [0.5, 0.6) is 5.75 Å². The molecule has 3 aromatic rings. The lowest BCUT2D eigenvalue weighted by molar-refractivity contribution is -0.137. The minimum atomic E-state index is -4.49. The molecule has 172 valence electrons. The van der Waals surface area contributed by atoms with Crippen LogP contribution in [0.25, 0.3) is 22.2 Å². The highest BCUT2D eigenvalue weighted by Gasteiger charge is 2.37. The number of fused-ring (bicyclic) bond motifs is 1. The van der Waals surface area contributed by atoms with E-state index in [9.17, 15) is 17.6 Å². The SMILES string of the molecule is COc1ccc(-c2cc(N([Si](C)(C)C)[Si](C)(C)C)c3ccc(C(F)(F)F)cc3n2)c(F)c1. The van der Waals surface area contributed by atoms with E-state index in [4.69, 9.17) is 4.74 Å². The maximum atomic E-state index is 14.9. The third-order valence-corrected chi connectivity index (χ3v) is 12.3. The molecule has 9 heteroatoms. The fourth-order valence-electron chi connectivity index (χ4n) is 4.27. The van der Waals surface area contributed by atoms with Crippen molar-refractivity contribution in [2.75, 3.05) is 11.3 Å². The number of hydrogen-bond acceptors (Lipinski definition) is 3. The normalized spacial score (nSPS) is 12.8. The lowest BCUT2D eigenvalue weighted by Gasteiger charge is -2.46. The highest BCUT2D eigenvalue weighted by Crippen LogP contribution is 2.39. The van der Waals surface area contributed by atoms with Crippen LogP contribution in [-0.2, 0) is 6.18 Å². The zero-order valence-electron chi connectivity index (χ0n) is 19.4. The van der Waals surface area contributed by atoms with E-state index < -0.39 is 34.0 Å². The van der Waals surface area contributed by atoms with Crippen LogP contribution in [0.15, 0.2) is 42.5 Å². The van der Waals surface area contributed by atoms with Gasteiger partial charge < -0.3 is 8.97 Å². The second-order valence-electron chi connectivity index (χ2n) is 9.78. The van der Waals surface area contributed by atoms with Crippen molar-refractivity contribution >= 4 is 33.1 Å². The molecule has 32 heavy (non-hydrogen) atoms. The Hall–Kier alpha value is -2.40. The number of hydrogen-bond donors (Lipinski definition) is 0. The number of alkyl halides is 3. The summed E-state index contributed by atoms with van der Waals surface area (Å²) in [6, 6.07) is 9.86. The van der Waals surface area contributed by atoms with Crippen molar-refractivity contribution in [2.24, 2.45) is 0 Å². The van der Waals surface area contributed by atoms with E-state index in [1.807, 2.05) is 6.07 Å². The van der Waals surface area contributed by atoms with Crippen LogP contribution in [0.4, 0.5) is 23.2 Å². The third kappa shape index (κ3) is 4.83. The van der Waals surface area contributed by atoms with Crippen molar-refractivity contribution < 1.29 is 22.3 Å². The molecular formula is C23H28F4N2OSi2. The molecule has 0 amide bonds. The Morgan fingerprint density at radius 1 is 0.875 bits per heavy atom. The number of ether oxygens (including phenoxy) is 1. The number of methoxy groups -OCH3 is 1. The average molecular weight is 481 g/mol. The highest BCUT2D eigenvalue weighted by atomic mass is 28.4. The van der Waals surface area contributed by atoms with E-state index in [0.29, 0.717) is 16.8 Å². The van der Waals surface area contributed by atoms with Crippen LogP contribution in [0.1, 0.15) is 5.56 Å². The number of anilines is 1. The monoisotopic (exact) mass is 480 g/mol. The summed E-state index contributed by atoms with van der Waals surface area (Å²) in [4.78, 5) is 4.47. The van der Waals surface area contributed by atoms with E-state index in [1.165, 1.54) is 19.2 Å². The molecule has 0 fully saturated rings. The predicted octanol–water partition coefficient (Wildman–Crippen LogP) is 7.54. The number of rotatable bonds is 5. The smallest absolute Gasteiger partial charge is 0.416 e. The lowest BCUT2D eigenvalue weighted by atomic mass is 10.1. The minimum absolute atomic E-state index is 0.198. The molecule has 0 unspecified atom stereocenters. The molecule has 0 bridgehead atoms. The first-order valence-corrected chi connectivity index (χ1v) is 17.2. The van der Waals surface area contributed by atoms with Gasteiger partial charge in [0.05, 0.1) is 23.9 Å². The van der Waals surface area contributed by atoms with Gasteiger partial charge in [-0.1, -0.05) is 45.3 Å². The first kappa shape index (κ1) is 24.3. The lowest BCUT2D eigenvalue weighted by Crippen LogP contribution is -2.59. The van der Waals surface area contributed by atoms with E-state index in [2.05, 4.69) is 48.5 Å². The maximum absolute atomic E-state index is 14.9. The van der Waals surface area contributed by atoms with Gasteiger partial charge in [-0.3, -0.25) is 0 Å². The zero-order chi connectivity index (χ0) is 24.1. The second kappa shape index (κ2) is 8.18. The van der Waals surface area contributed by atoms with Crippen LogP contribution in [0.3, 0.4) is 0 Å². The molecule has 0 saturated heterocycles. The van der Waals surface area contributed by atoms with E-state index in [1.54, 1.807) is 12.1 Å². The Balaban J connectivity index is 2.39. The van der Waals surface area contributed by atoms with Gasteiger partial charge in [0.25, 0.3) is 0 Å². The van der Waals surface area contributed by atoms with E-state index in [-0.39, 0.29) is 11.1 Å². The van der Waals surface area contributed by atoms with Gasteiger partial charge in [-0.2, -0.15) is 13.2 Å². The van der Waals surface area contributed by atoms with Crippen LogP contribution < -0.4 is 8.97 Å². The summed E-state index contributed by atoms with van der Waals surface area (Å²) in [6.07, 6.45) is -4.49. The van der Waals surface area contributed by atoms with Gasteiger partial charge in [-0.05, 0) is 30.3 Å². The molecule has 3 rings (SSSR count).